The van der Waals surface area contributed by atoms with Gasteiger partial charge in [0, 0.05) is 19.3 Å². The van der Waals surface area contributed by atoms with Crippen molar-refractivity contribution < 1.29 is 4.74 Å². The van der Waals surface area contributed by atoms with Crippen LogP contribution in [0.15, 0.2) is 0 Å². The third-order valence-electron chi connectivity index (χ3n) is 1.79. The summed E-state index contributed by atoms with van der Waals surface area (Å²) in [6, 6.07) is 0.273. The molecule has 1 unspecified atom stereocenters. The molecule has 0 amide bonds. The summed E-state index contributed by atoms with van der Waals surface area (Å²) in [7, 11) is 0. The molecule has 0 radical (unpaired) electrons. The fraction of sp³-hybridized carbons (Fsp3) is 1.00. The number of ether oxygens (including phenoxy) is 1. The highest BCUT2D eigenvalue weighted by molar-refractivity contribution is 4.51. The van der Waals surface area contributed by atoms with Crippen molar-refractivity contribution in [2.24, 2.45) is 11.7 Å². The molecule has 0 aliphatic rings. The monoisotopic (exact) mass is 173 g/mol. The molecule has 0 saturated carbocycles. The first kappa shape index (κ1) is 11.9. The Hall–Kier alpha value is -0.0800. The van der Waals surface area contributed by atoms with Gasteiger partial charge in [-0.2, -0.15) is 0 Å². The number of hydrogen-bond donors (Lipinski definition) is 1. The molecule has 0 aliphatic carbocycles. The lowest BCUT2D eigenvalue weighted by Gasteiger charge is -2.07. The molecular formula is C10H23NO. The number of hydrogen-bond acceptors (Lipinski definition) is 2. The van der Waals surface area contributed by atoms with Crippen molar-refractivity contribution >= 4 is 0 Å². The standard InChI is InChI=1S/C10H23NO/c1-9(2)5-4-7-12-8-6-10(3)11/h9-10H,4-8,11H2,1-3H3. The Labute approximate surface area is 76.5 Å². The van der Waals surface area contributed by atoms with Gasteiger partial charge in [-0.3, -0.25) is 0 Å². The minimum Gasteiger partial charge on any atom is -0.381 e. The van der Waals surface area contributed by atoms with Gasteiger partial charge < -0.3 is 10.5 Å². The van der Waals surface area contributed by atoms with Gasteiger partial charge in [0.15, 0.2) is 0 Å². The molecule has 0 aromatic carbocycles. The summed E-state index contributed by atoms with van der Waals surface area (Å²) in [5.41, 5.74) is 5.58. The van der Waals surface area contributed by atoms with Crippen molar-refractivity contribution in [2.75, 3.05) is 13.2 Å². The molecule has 0 aromatic rings. The van der Waals surface area contributed by atoms with Crippen molar-refractivity contribution in [2.45, 2.75) is 46.1 Å². The van der Waals surface area contributed by atoms with Crippen LogP contribution in [0, 0.1) is 5.92 Å². The quantitative estimate of drug-likeness (QED) is 0.599. The zero-order valence-corrected chi connectivity index (χ0v) is 8.68. The Morgan fingerprint density at radius 1 is 1.08 bits per heavy atom. The smallest absolute Gasteiger partial charge is 0.0480 e. The Kier molecular flexibility index (Phi) is 7.51. The average molecular weight is 173 g/mol. The summed E-state index contributed by atoms with van der Waals surface area (Å²) in [5, 5.41) is 0. The van der Waals surface area contributed by atoms with Gasteiger partial charge in [0.05, 0.1) is 0 Å². The van der Waals surface area contributed by atoms with E-state index in [0.29, 0.717) is 0 Å². The van der Waals surface area contributed by atoms with E-state index in [1.165, 1.54) is 12.8 Å². The lowest BCUT2D eigenvalue weighted by molar-refractivity contribution is 0.122. The van der Waals surface area contributed by atoms with Crippen molar-refractivity contribution in [1.82, 2.24) is 0 Å². The number of rotatable bonds is 7. The van der Waals surface area contributed by atoms with Crippen LogP contribution in [0.4, 0.5) is 0 Å². The van der Waals surface area contributed by atoms with Crippen LogP contribution in [0.25, 0.3) is 0 Å². The van der Waals surface area contributed by atoms with Crippen LogP contribution in [0.1, 0.15) is 40.0 Å². The van der Waals surface area contributed by atoms with Crippen molar-refractivity contribution in [1.29, 1.82) is 0 Å². The molecule has 0 bridgehead atoms. The first-order valence-corrected chi connectivity index (χ1v) is 4.96. The molecule has 2 nitrogen and oxygen atoms in total. The highest BCUT2D eigenvalue weighted by atomic mass is 16.5. The molecule has 0 saturated heterocycles. The van der Waals surface area contributed by atoms with Gasteiger partial charge in [0.2, 0.25) is 0 Å². The summed E-state index contributed by atoms with van der Waals surface area (Å²) >= 11 is 0. The van der Waals surface area contributed by atoms with Gasteiger partial charge in [0.1, 0.15) is 0 Å². The zero-order chi connectivity index (χ0) is 9.40. The maximum atomic E-state index is 5.58. The van der Waals surface area contributed by atoms with E-state index in [1.54, 1.807) is 0 Å². The van der Waals surface area contributed by atoms with Crippen molar-refractivity contribution in [3.8, 4) is 0 Å². The van der Waals surface area contributed by atoms with Gasteiger partial charge in [-0.05, 0) is 32.1 Å². The molecule has 2 heteroatoms. The lowest BCUT2D eigenvalue weighted by Crippen LogP contribution is -2.17. The first-order chi connectivity index (χ1) is 5.63. The highest BCUT2D eigenvalue weighted by Gasteiger charge is 1.95. The van der Waals surface area contributed by atoms with Gasteiger partial charge in [-0.15, -0.1) is 0 Å². The third-order valence-corrected chi connectivity index (χ3v) is 1.79. The predicted octanol–water partition coefficient (Wildman–Crippen LogP) is 2.18. The lowest BCUT2D eigenvalue weighted by atomic mass is 10.1. The fourth-order valence-corrected chi connectivity index (χ4v) is 0.965. The van der Waals surface area contributed by atoms with Gasteiger partial charge in [-0.1, -0.05) is 13.8 Å². The maximum Gasteiger partial charge on any atom is 0.0480 e. The van der Waals surface area contributed by atoms with E-state index in [9.17, 15) is 0 Å². The molecule has 0 spiro atoms. The van der Waals surface area contributed by atoms with Crippen LogP contribution in [0.5, 0.6) is 0 Å². The summed E-state index contributed by atoms with van der Waals surface area (Å²) in [5.74, 6) is 0.794. The normalized spacial score (nSPS) is 13.8. The minimum atomic E-state index is 0.273. The van der Waals surface area contributed by atoms with Gasteiger partial charge in [-0.25, -0.2) is 0 Å². The first-order valence-electron chi connectivity index (χ1n) is 4.96. The highest BCUT2D eigenvalue weighted by Crippen LogP contribution is 2.03. The van der Waals surface area contributed by atoms with Crippen LogP contribution >= 0.6 is 0 Å². The van der Waals surface area contributed by atoms with E-state index >= 15 is 0 Å². The molecule has 0 rings (SSSR count). The molecule has 12 heavy (non-hydrogen) atoms. The zero-order valence-electron chi connectivity index (χ0n) is 8.68. The predicted molar refractivity (Wildman–Crippen MR) is 53.2 cm³/mol. The number of nitrogens with two attached hydrogens (primary N) is 1. The van der Waals surface area contributed by atoms with E-state index in [-0.39, 0.29) is 6.04 Å². The van der Waals surface area contributed by atoms with Crippen LogP contribution in [-0.2, 0) is 4.74 Å². The average Bonchev–Trinajstić information content (AvgIpc) is 1.95. The second kappa shape index (κ2) is 7.56. The molecule has 0 fully saturated rings. The van der Waals surface area contributed by atoms with Crippen LogP contribution in [0.3, 0.4) is 0 Å². The van der Waals surface area contributed by atoms with Gasteiger partial charge in [0.25, 0.3) is 0 Å². The fourth-order valence-electron chi connectivity index (χ4n) is 0.965. The molecule has 0 aromatic heterocycles. The molecular weight excluding hydrogens is 150 g/mol. The summed E-state index contributed by atoms with van der Waals surface area (Å²) in [6.07, 6.45) is 3.41. The topological polar surface area (TPSA) is 35.2 Å². The molecule has 2 N–H and O–H groups in total. The molecule has 0 aliphatic heterocycles. The van der Waals surface area contributed by atoms with Crippen LogP contribution < -0.4 is 5.73 Å². The molecule has 74 valence electrons. The summed E-state index contributed by atoms with van der Waals surface area (Å²) in [4.78, 5) is 0. The molecule has 1 atom stereocenters. The van der Waals surface area contributed by atoms with E-state index in [0.717, 1.165) is 25.6 Å². The maximum absolute atomic E-state index is 5.58. The van der Waals surface area contributed by atoms with Crippen LogP contribution in [0.2, 0.25) is 0 Å². The summed E-state index contributed by atoms with van der Waals surface area (Å²) in [6.45, 7) is 8.20. The second-order valence-corrected chi connectivity index (χ2v) is 3.91. The SMILES string of the molecule is CC(C)CCCOCCC(C)N. The summed E-state index contributed by atoms with van der Waals surface area (Å²) < 4.78 is 5.41. The molecule has 0 heterocycles. The van der Waals surface area contributed by atoms with E-state index in [4.69, 9.17) is 10.5 Å². The van der Waals surface area contributed by atoms with Crippen molar-refractivity contribution in [3.63, 3.8) is 0 Å². The van der Waals surface area contributed by atoms with E-state index in [1.807, 2.05) is 6.92 Å². The van der Waals surface area contributed by atoms with E-state index < -0.39 is 0 Å². The Morgan fingerprint density at radius 3 is 2.25 bits per heavy atom. The van der Waals surface area contributed by atoms with E-state index in [2.05, 4.69) is 13.8 Å². The second-order valence-electron chi connectivity index (χ2n) is 3.91. The Balaban J connectivity index is 2.91. The van der Waals surface area contributed by atoms with Crippen LogP contribution in [-0.4, -0.2) is 19.3 Å². The largest absolute Gasteiger partial charge is 0.381 e. The Morgan fingerprint density at radius 2 is 1.75 bits per heavy atom. The van der Waals surface area contributed by atoms with Gasteiger partial charge >= 0.3 is 0 Å². The Bertz CT molecular complexity index is 79.8. The third kappa shape index (κ3) is 9.92. The van der Waals surface area contributed by atoms with Crippen molar-refractivity contribution in [3.05, 3.63) is 0 Å². The minimum absolute atomic E-state index is 0.273.